The van der Waals surface area contributed by atoms with Gasteiger partial charge in [-0.05, 0) is 52.8 Å². The molecule has 2 rings (SSSR count). The number of nitrogens with zero attached hydrogens (tertiary/aromatic N) is 3. The highest BCUT2D eigenvalue weighted by Gasteiger charge is 2.32. The monoisotopic (exact) mass is 355 g/mol. The molecule has 1 N–H and O–H groups in total. The van der Waals surface area contributed by atoms with Crippen LogP contribution in [0.2, 0.25) is 0 Å². The Labute approximate surface area is 145 Å². The highest BCUT2D eigenvalue weighted by Crippen LogP contribution is 2.26. The molecule has 0 aromatic carbocycles. The number of aliphatic hydroxyl groups excluding tert-OH is 1. The molecule has 0 amide bonds. The van der Waals surface area contributed by atoms with E-state index in [1.165, 1.54) is 0 Å². The van der Waals surface area contributed by atoms with Crippen molar-refractivity contribution in [2.45, 2.75) is 49.4 Å². The van der Waals surface area contributed by atoms with Crippen molar-refractivity contribution in [2.75, 3.05) is 38.2 Å². The first-order chi connectivity index (χ1) is 11.2. The Bertz CT molecular complexity index is 630. The van der Waals surface area contributed by atoms with Gasteiger partial charge in [-0.25, -0.2) is 13.4 Å². The number of hydrogen-bond donors (Lipinski definition) is 1. The summed E-state index contributed by atoms with van der Waals surface area (Å²) < 4.78 is 24.0. The summed E-state index contributed by atoms with van der Waals surface area (Å²) in [6, 6.07) is 3.95. The van der Waals surface area contributed by atoms with Gasteiger partial charge in [-0.15, -0.1) is 0 Å². The maximum atomic E-state index is 12.4. The van der Waals surface area contributed by atoms with Gasteiger partial charge in [-0.1, -0.05) is 0 Å². The van der Waals surface area contributed by atoms with Crippen molar-refractivity contribution < 1.29 is 13.5 Å². The molecule has 2 heterocycles. The lowest BCUT2D eigenvalue weighted by molar-refractivity contribution is 0.162. The molecule has 0 bridgehead atoms. The lowest BCUT2D eigenvalue weighted by Crippen LogP contribution is -2.44. The normalized spacial score (nSPS) is 17.5. The van der Waals surface area contributed by atoms with Gasteiger partial charge >= 0.3 is 0 Å². The van der Waals surface area contributed by atoms with Crippen molar-refractivity contribution >= 4 is 15.5 Å². The van der Waals surface area contributed by atoms with Crippen molar-refractivity contribution in [3.8, 4) is 0 Å². The minimum Gasteiger partial charge on any atom is -0.395 e. The highest BCUT2D eigenvalue weighted by molar-refractivity contribution is 7.92. The molecule has 7 heteroatoms. The van der Waals surface area contributed by atoms with Crippen molar-refractivity contribution in [2.24, 2.45) is 0 Å². The van der Waals surface area contributed by atoms with Gasteiger partial charge in [-0.3, -0.25) is 0 Å². The van der Waals surface area contributed by atoms with Crippen LogP contribution in [-0.4, -0.2) is 67.5 Å². The zero-order chi connectivity index (χ0) is 18.0. The molecule has 1 aromatic rings. The van der Waals surface area contributed by atoms with E-state index in [0.717, 1.165) is 31.6 Å². The fourth-order valence-corrected chi connectivity index (χ4v) is 4.00. The van der Waals surface area contributed by atoms with Crippen molar-refractivity contribution in [1.82, 2.24) is 9.88 Å². The number of aliphatic hydroxyl groups is 1. The zero-order valence-corrected chi connectivity index (χ0v) is 15.9. The van der Waals surface area contributed by atoms with Crippen LogP contribution >= 0.6 is 0 Å². The fraction of sp³-hybridized carbons (Fsp3) is 0.706. The van der Waals surface area contributed by atoms with Gasteiger partial charge in [0.15, 0.2) is 14.9 Å². The van der Waals surface area contributed by atoms with Crippen LogP contribution in [0, 0.1) is 0 Å². The molecule has 1 saturated heterocycles. The number of pyridine rings is 1. The number of aromatic nitrogens is 1. The Morgan fingerprint density at radius 3 is 2.38 bits per heavy atom. The molecule has 136 valence electrons. The maximum absolute atomic E-state index is 12.4. The van der Waals surface area contributed by atoms with E-state index in [1.54, 1.807) is 33.0 Å². The Morgan fingerprint density at radius 1 is 1.29 bits per heavy atom. The van der Waals surface area contributed by atoms with E-state index in [1.807, 2.05) is 13.1 Å². The van der Waals surface area contributed by atoms with Crippen molar-refractivity contribution in [3.05, 3.63) is 18.3 Å². The predicted octanol–water partition coefficient (Wildman–Crippen LogP) is 1.55. The van der Waals surface area contributed by atoms with E-state index in [4.69, 9.17) is 5.11 Å². The third kappa shape index (κ3) is 4.07. The van der Waals surface area contributed by atoms with Gasteiger partial charge in [0.2, 0.25) is 0 Å². The van der Waals surface area contributed by atoms with Gasteiger partial charge in [0.25, 0.3) is 0 Å². The summed E-state index contributed by atoms with van der Waals surface area (Å²) in [4.78, 5) is 8.65. The Morgan fingerprint density at radius 2 is 1.92 bits per heavy atom. The molecule has 0 aliphatic carbocycles. The highest BCUT2D eigenvalue weighted by atomic mass is 32.2. The Hall–Kier alpha value is -1.18. The van der Waals surface area contributed by atoms with Crippen LogP contribution in [0.15, 0.2) is 23.4 Å². The van der Waals surface area contributed by atoms with Gasteiger partial charge in [0, 0.05) is 25.7 Å². The van der Waals surface area contributed by atoms with E-state index in [2.05, 4.69) is 14.8 Å². The second-order valence-corrected chi connectivity index (χ2v) is 10.0. The first-order valence-corrected chi connectivity index (χ1v) is 9.92. The molecule has 0 atom stereocenters. The number of sulfone groups is 1. The average Bonchev–Trinajstić information content (AvgIpc) is 2.54. The summed E-state index contributed by atoms with van der Waals surface area (Å²) in [5, 5.41) is 9.17. The van der Waals surface area contributed by atoms with E-state index < -0.39 is 14.6 Å². The lowest BCUT2D eigenvalue weighted by Gasteiger charge is -2.37. The smallest absolute Gasteiger partial charge is 0.200 e. The second kappa shape index (κ2) is 7.37. The van der Waals surface area contributed by atoms with Crippen LogP contribution in [-0.2, 0) is 9.84 Å². The number of hydrogen-bond acceptors (Lipinski definition) is 6. The standard InChI is InChI=1S/C17H29N3O3S/c1-17(2,3)24(22,23)16-6-5-15(13-18-16)20-9-7-14(8-10-20)19(4)11-12-21/h5-6,13-14,21H,7-12H2,1-4H3. The van der Waals surface area contributed by atoms with Crippen LogP contribution in [0.5, 0.6) is 0 Å². The van der Waals surface area contributed by atoms with Gasteiger partial charge in [0.05, 0.1) is 23.2 Å². The summed E-state index contributed by atoms with van der Waals surface area (Å²) >= 11 is 0. The second-order valence-electron chi connectivity index (χ2n) is 7.39. The summed E-state index contributed by atoms with van der Waals surface area (Å²) in [6.07, 6.45) is 3.72. The number of piperidine rings is 1. The van der Waals surface area contributed by atoms with Crippen LogP contribution in [0.1, 0.15) is 33.6 Å². The van der Waals surface area contributed by atoms with Crippen LogP contribution < -0.4 is 4.90 Å². The number of likely N-dealkylation sites (N-methyl/N-ethyl adjacent to an activating group) is 1. The number of rotatable bonds is 5. The van der Waals surface area contributed by atoms with Gasteiger partial charge < -0.3 is 14.9 Å². The first kappa shape index (κ1) is 19.1. The molecule has 0 spiro atoms. The molecule has 1 aromatic heterocycles. The minimum atomic E-state index is -3.41. The molecule has 1 fully saturated rings. The zero-order valence-electron chi connectivity index (χ0n) is 15.1. The van der Waals surface area contributed by atoms with E-state index >= 15 is 0 Å². The van der Waals surface area contributed by atoms with Crippen molar-refractivity contribution in [3.63, 3.8) is 0 Å². The molecule has 1 aliphatic rings. The predicted molar refractivity (Wildman–Crippen MR) is 96.1 cm³/mol. The summed E-state index contributed by atoms with van der Waals surface area (Å²) in [7, 11) is -1.36. The minimum absolute atomic E-state index is 0.135. The largest absolute Gasteiger partial charge is 0.395 e. The molecular weight excluding hydrogens is 326 g/mol. The molecular formula is C17H29N3O3S. The van der Waals surface area contributed by atoms with Crippen LogP contribution in [0.25, 0.3) is 0 Å². The summed E-state index contributed by atoms with van der Waals surface area (Å²) in [6.45, 7) is 7.76. The molecule has 1 aliphatic heterocycles. The third-order valence-corrected chi connectivity index (χ3v) is 7.11. The van der Waals surface area contributed by atoms with Gasteiger partial charge in [0.1, 0.15) is 0 Å². The quantitative estimate of drug-likeness (QED) is 0.864. The van der Waals surface area contributed by atoms with E-state index in [-0.39, 0.29) is 11.6 Å². The summed E-state index contributed by atoms with van der Waals surface area (Å²) in [5.41, 5.74) is 0.964. The van der Waals surface area contributed by atoms with Crippen LogP contribution in [0.3, 0.4) is 0 Å². The first-order valence-electron chi connectivity index (χ1n) is 8.43. The molecule has 24 heavy (non-hydrogen) atoms. The van der Waals surface area contributed by atoms with Crippen molar-refractivity contribution in [1.29, 1.82) is 0 Å². The molecule has 0 saturated carbocycles. The fourth-order valence-electron chi connectivity index (χ4n) is 2.94. The van der Waals surface area contributed by atoms with Gasteiger partial charge in [-0.2, -0.15) is 0 Å². The van der Waals surface area contributed by atoms with E-state index in [9.17, 15) is 8.42 Å². The third-order valence-electron chi connectivity index (χ3n) is 4.71. The Balaban J connectivity index is 2.03. The lowest BCUT2D eigenvalue weighted by atomic mass is 10.0. The molecule has 6 nitrogen and oxygen atoms in total. The summed E-state index contributed by atoms with van der Waals surface area (Å²) in [5.74, 6) is 0. The Kier molecular flexibility index (Phi) is 5.88. The molecule has 0 radical (unpaired) electrons. The van der Waals surface area contributed by atoms with E-state index in [0.29, 0.717) is 12.6 Å². The molecule has 0 unspecified atom stereocenters. The maximum Gasteiger partial charge on any atom is 0.200 e. The SMILES string of the molecule is CN(CCO)C1CCN(c2ccc(S(=O)(=O)C(C)(C)C)nc2)CC1. The average molecular weight is 356 g/mol. The number of anilines is 1. The topological polar surface area (TPSA) is 73.7 Å². The van der Waals surface area contributed by atoms with Crippen LogP contribution in [0.4, 0.5) is 5.69 Å².